The van der Waals surface area contributed by atoms with Gasteiger partial charge in [-0.25, -0.2) is 0 Å². The first-order chi connectivity index (χ1) is 7.34. The number of nitrogens with two attached hydrogens (primary N) is 1. The van der Waals surface area contributed by atoms with Crippen LogP contribution in [0.5, 0.6) is 5.75 Å². The van der Waals surface area contributed by atoms with E-state index in [2.05, 4.69) is 10.3 Å². The number of aliphatic imine (C=N–C) groups is 1. The van der Waals surface area contributed by atoms with E-state index in [1.807, 2.05) is 12.1 Å². The van der Waals surface area contributed by atoms with E-state index in [1.165, 1.54) is 0 Å². The first-order valence-electron chi connectivity index (χ1n) is 5.03. The molecule has 0 heterocycles. The minimum atomic E-state index is 0.260. The predicted octanol–water partition coefficient (Wildman–Crippen LogP) is 0.359. The second-order valence-corrected chi connectivity index (χ2v) is 3.13. The van der Waals surface area contributed by atoms with E-state index >= 15 is 0 Å². The molecule has 1 aromatic carbocycles. The van der Waals surface area contributed by atoms with Crippen molar-refractivity contribution in [3.63, 3.8) is 0 Å². The Kier molecular flexibility index (Phi) is 5.43. The van der Waals surface area contributed by atoms with Gasteiger partial charge in [0.05, 0.1) is 6.54 Å². The molecule has 0 amide bonds. The molecule has 0 aliphatic heterocycles. The van der Waals surface area contributed by atoms with Crippen molar-refractivity contribution >= 4 is 6.21 Å². The van der Waals surface area contributed by atoms with Crippen LogP contribution in [0, 0.1) is 0 Å². The Morgan fingerprint density at radius 3 is 2.87 bits per heavy atom. The summed E-state index contributed by atoms with van der Waals surface area (Å²) in [5, 5.41) is 12.6. The van der Waals surface area contributed by atoms with Gasteiger partial charge in [0.2, 0.25) is 0 Å². The van der Waals surface area contributed by atoms with E-state index in [1.54, 1.807) is 18.3 Å². The maximum atomic E-state index is 9.43. The quantitative estimate of drug-likeness (QED) is 0.466. The van der Waals surface area contributed by atoms with Crippen molar-refractivity contribution in [1.29, 1.82) is 0 Å². The van der Waals surface area contributed by atoms with Gasteiger partial charge in [0.1, 0.15) is 5.75 Å². The van der Waals surface area contributed by atoms with Crippen LogP contribution in [0.3, 0.4) is 0 Å². The third-order valence-corrected chi connectivity index (χ3v) is 1.91. The van der Waals surface area contributed by atoms with Crippen LogP contribution in [0.1, 0.15) is 5.56 Å². The Labute approximate surface area is 89.8 Å². The third kappa shape index (κ3) is 4.58. The number of phenols is 1. The summed E-state index contributed by atoms with van der Waals surface area (Å²) in [4.78, 5) is 4.19. The van der Waals surface area contributed by atoms with Crippen molar-refractivity contribution in [3.05, 3.63) is 29.8 Å². The normalized spacial score (nSPS) is 11.0. The van der Waals surface area contributed by atoms with Gasteiger partial charge in [-0.2, -0.15) is 0 Å². The smallest absolute Gasteiger partial charge is 0.124 e. The summed E-state index contributed by atoms with van der Waals surface area (Å²) in [5.74, 6) is 0.260. The molecule has 4 heteroatoms. The van der Waals surface area contributed by atoms with Gasteiger partial charge in [0, 0.05) is 31.4 Å². The molecule has 0 bridgehead atoms. The molecule has 0 unspecified atom stereocenters. The topological polar surface area (TPSA) is 70.6 Å². The lowest BCUT2D eigenvalue weighted by atomic mass is 10.2. The standard InChI is InChI=1S/C11H17N3O/c12-5-6-13-7-8-14-9-10-3-1-2-4-11(10)15/h1-4,9,13,15H,5-8,12H2. The second kappa shape index (κ2) is 6.98. The Hall–Kier alpha value is -1.39. The number of rotatable bonds is 6. The molecule has 0 aliphatic rings. The Morgan fingerprint density at radius 1 is 1.33 bits per heavy atom. The summed E-state index contributed by atoms with van der Waals surface area (Å²) < 4.78 is 0. The second-order valence-electron chi connectivity index (χ2n) is 3.13. The summed E-state index contributed by atoms with van der Waals surface area (Å²) in [6, 6.07) is 7.13. The van der Waals surface area contributed by atoms with Gasteiger partial charge in [-0.15, -0.1) is 0 Å². The summed E-state index contributed by atoms with van der Waals surface area (Å²) in [6.45, 7) is 2.95. The third-order valence-electron chi connectivity index (χ3n) is 1.91. The molecule has 0 fully saturated rings. The molecule has 4 N–H and O–H groups in total. The predicted molar refractivity (Wildman–Crippen MR) is 62.5 cm³/mol. The van der Waals surface area contributed by atoms with Crippen molar-refractivity contribution < 1.29 is 5.11 Å². The Bertz CT molecular complexity index is 312. The molecule has 0 aliphatic carbocycles. The van der Waals surface area contributed by atoms with Crippen LogP contribution in [-0.4, -0.2) is 37.5 Å². The zero-order valence-electron chi connectivity index (χ0n) is 8.69. The maximum Gasteiger partial charge on any atom is 0.124 e. The fraction of sp³-hybridized carbons (Fsp3) is 0.364. The molecule has 0 atom stereocenters. The van der Waals surface area contributed by atoms with Crippen LogP contribution in [-0.2, 0) is 0 Å². The van der Waals surface area contributed by atoms with E-state index < -0.39 is 0 Å². The van der Waals surface area contributed by atoms with Crippen LogP contribution in [0.15, 0.2) is 29.3 Å². The van der Waals surface area contributed by atoms with Crippen molar-refractivity contribution in [1.82, 2.24) is 5.32 Å². The molecule has 0 radical (unpaired) electrons. The van der Waals surface area contributed by atoms with E-state index in [4.69, 9.17) is 5.73 Å². The van der Waals surface area contributed by atoms with Crippen molar-refractivity contribution in [2.75, 3.05) is 26.2 Å². The monoisotopic (exact) mass is 207 g/mol. The first-order valence-corrected chi connectivity index (χ1v) is 5.03. The molecule has 0 aromatic heterocycles. The van der Waals surface area contributed by atoms with Gasteiger partial charge in [0.25, 0.3) is 0 Å². The van der Waals surface area contributed by atoms with Gasteiger partial charge in [-0.3, -0.25) is 4.99 Å². The van der Waals surface area contributed by atoms with Gasteiger partial charge < -0.3 is 16.2 Å². The van der Waals surface area contributed by atoms with E-state index in [9.17, 15) is 5.11 Å². The zero-order valence-corrected chi connectivity index (χ0v) is 8.69. The number of aromatic hydroxyl groups is 1. The number of nitrogens with zero attached hydrogens (tertiary/aromatic N) is 1. The van der Waals surface area contributed by atoms with Crippen LogP contribution < -0.4 is 11.1 Å². The summed E-state index contributed by atoms with van der Waals surface area (Å²) in [6.07, 6.45) is 1.68. The summed E-state index contributed by atoms with van der Waals surface area (Å²) >= 11 is 0. The SMILES string of the molecule is NCCNCCN=Cc1ccccc1O. The van der Waals surface area contributed by atoms with E-state index in [0.29, 0.717) is 13.1 Å². The number of para-hydroxylation sites is 1. The van der Waals surface area contributed by atoms with Crippen molar-refractivity contribution in [2.45, 2.75) is 0 Å². The molecule has 0 saturated carbocycles. The van der Waals surface area contributed by atoms with Gasteiger partial charge in [-0.05, 0) is 12.1 Å². The number of hydrogen-bond acceptors (Lipinski definition) is 4. The maximum absolute atomic E-state index is 9.43. The number of phenolic OH excluding ortho intramolecular Hbond substituents is 1. The highest BCUT2D eigenvalue weighted by Crippen LogP contribution is 2.12. The average molecular weight is 207 g/mol. The first kappa shape index (κ1) is 11.7. The highest BCUT2D eigenvalue weighted by Gasteiger charge is 1.93. The molecular weight excluding hydrogens is 190 g/mol. The molecule has 82 valence electrons. The molecular formula is C11H17N3O. The van der Waals surface area contributed by atoms with Gasteiger partial charge in [0.15, 0.2) is 0 Å². The highest BCUT2D eigenvalue weighted by atomic mass is 16.3. The fourth-order valence-corrected chi connectivity index (χ4v) is 1.13. The number of hydrogen-bond donors (Lipinski definition) is 3. The lowest BCUT2D eigenvalue weighted by Gasteiger charge is -1.99. The number of nitrogens with one attached hydrogen (secondary N) is 1. The lowest BCUT2D eigenvalue weighted by Crippen LogP contribution is -2.24. The minimum Gasteiger partial charge on any atom is -0.507 e. The fourth-order valence-electron chi connectivity index (χ4n) is 1.13. The molecule has 1 aromatic rings. The Balaban J connectivity index is 2.29. The van der Waals surface area contributed by atoms with Crippen LogP contribution in [0.25, 0.3) is 0 Å². The van der Waals surface area contributed by atoms with Crippen LogP contribution >= 0.6 is 0 Å². The number of benzene rings is 1. The van der Waals surface area contributed by atoms with Crippen molar-refractivity contribution in [2.24, 2.45) is 10.7 Å². The lowest BCUT2D eigenvalue weighted by molar-refractivity contribution is 0.474. The van der Waals surface area contributed by atoms with Crippen molar-refractivity contribution in [3.8, 4) is 5.75 Å². The molecule has 1 rings (SSSR count). The van der Waals surface area contributed by atoms with Gasteiger partial charge >= 0.3 is 0 Å². The molecule has 15 heavy (non-hydrogen) atoms. The molecule has 4 nitrogen and oxygen atoms in total. The van der Waals surface area contributed by atoms with E-state index in [0.717, 1.165) is 18.7 Å². The zero-order chi connectivity index (χ0) is 10.9. The summed E-state index contributed by atoms with van der Waals surface area (Å²) in [7, 11) is 0. The highest BCUT2D eigenvalue weighted by molar-refractivity contribution is 5.83. The van der Waals surface area contributed by atoms with Crippen LogP contribution in [0.4, 0.5) is 0 Å². The Morgan fingerprint density at radius 2 is 2.13 bits per heavy atom. The largest absolute Gasteiger partial charge is 0.507 e. The average Bonchev–Trinajstić information content (AvgIpc) is 2.25. The molecule has 0 saturated heterocycles. The van der Waals surface area contributed by atoms with Crippen LogP contribution in [0.2, 0.25) is 0 Å². The van der Waals surface area contributed by atoms with Gasteiger partial charge in [-0.1, -0.05) is 12.1 Å². The molecule has 0 spiro atoms. The van der Waals surface area contributed by atoms with E-state index in [-0.39, 0.29) is 5.75 Å². The summed E-state index contributed by atoms with van der Waals surface area (Å²) in [5.41, 5.74) is 6.07. The minimum absolute atomic E-state index is 0.260.